The van der Waals surface area contributed by atoms with E-state index in [2.05, 4.69) is 0 Å². The fourth-order valence-electron chi connectivity index (χ4n) is 3.15. The highest BCUT2D eigenvalue weighted by Crippen LogP contribution is 2.52. The summed E-state index contributed by atoms with van der Waals surface area (Å²) in [5.41, 5.74) is 1.50. The molecule has 0 unspecified atom stereocenters. The third-order valence-electron chi connectivity index (χ3n) is 6.35. The standard InChI is InChI=1S/C26H37O8PSi/c1-26(2,3)36(4,5)34-23(25(29)30)16-22(24(27)28)19-35(31,32-17-20-12-8-6-9-13-20)33-18-21-14-10-7-11-15-21/h6-15,22-23H,16-19H2,1-5H3,(H,27,28)(H,29,30)/t22-,23+/m1/s1. The normalized spacial score (nSPS) is 14.2. The molecule has 2 atom stereocenters. The molecule has 0 radical (unpaired) electrons. The van der Waals surface area contributed by atoms with Crippen molar-refractivity contribution in [2.45, 2.75) is 64.6 Å². The topological polar surface area (TPSA) is 119 Å². The maximum Gasteiger partial charge on any atom is 0.332 e. The molecule has 36 heavy (non-hydrogen) atoms. The van der Waals surface area contributed by atoms with E-state index in [1.165, 1.54) is 0 Å². The van der Waals surface area contributed by atoms with Crippen LogP contribution in [0.25, 0.3) is 0 Å². The summed E-state index contributed by atoms with van der Waals surface area (Å²) in [6.07, 6.45) is -2.19. The molecule has 0 spiro atoms. The zero-order chi connectivity index (χ0) is 27.0. The minimum absolute atomic E-state index is 0.0396. The van der Waals surface area contributed by atoms with Gasteiger partial charge in [0.1, 0.15) is 6.10 Å². The summed E-state index contributed by atoms with van der Waals surface area (Å²) in [5, 5.41) is 19.5. The van der Waals surface area contributed by atoms with Crippen LogP contribution in [0.2, 0.25) is 18.1 Å². The molecule has 198 valence electrons. The largest absolute Gasteiger partial charge is 0.481 e. The van der Waals surface area contributed by atoms with Gasteiger partial charge in [-0.2, -0.15) is 0 Å². The highest BCUT2D eigenvalue weighted by atomic mass is 31.2. The summed E-state index contributed by atoms with van der Waals surface area (Å²) < 4.78 is 31.2. The highest BCUT2D eigenvalue weighted by Gasteiger charge is 2.43. The van der Waals surface area contributed by atoms with E-state index >= 15 is 0 Å². The number of hydrogen-bond acceptors (Lipinski definition) is 6. The molecule has 0 aliphatic heterocycles. The van der Waals surface area contributed by atoms with Crippen LogP contribution in [0.15, 0.2) is 60.7 Å². The van der Waals surface area contributed by atoms with Gasteiger partial charge in [0.25, 0.3) is 0 Å². The zero-order valence-corrected chi connectivity index (χ0v) is 23.4. The van der Waals surface area contributed by atoms with E-state index in [4.69, 9.17) is 13.5 Å². The Morgan fingerprint density at radius 1 is 0.861 bits per heavy atom. The number of carboxylic acids is 2. The molecule has 0 heterocycles. The van der Waals surface area contributed by atoms with Crippen molar-refractivity contribution >= 4 is 27.9 Å². The van der Waals surface area contributed by atoms with Crippen molar-refractivity contribution in [3.8, 4) is 0 Å². The van der Waals surface area contributed by atoms with Crippen LogP contribution in [-0.4, -0.2) is 42.7 Å². The molecule has 8 nitrogen and oxygen atoms in total. The van der Waals surface area contributed by atoms with Gasteiger partial charge < -0.3 is 23.7 Å². The highest BCUT2D eigenvalue weighted by molar-refractivity contribution is 7.53. The number of carbonyl (C=O) groups is 2. The molecule has 2 aromatic rings. The Hall–Kier alpha value is -2.29. The van der Waals surface area contributed by atoms with Crippen LogP contribution in [0.5, 0.6) is 0 Å². The van der Waals surface area contributed by atoms with Gasteiger partial charge in [0, 0.05) is 0 Å². The SMILES string of the molecule is CC(C)(C)[Si](C)(C)O[C@@H](C[C@H](CP(=O)(OCc1ccccc1)OCc1ccccc1)C(=O)O)C(=O)O. The second-order valence-corrected chi connectivity index (χ2v) is 17.1. The van der Waals surface area contributed by atoms with E-state index in [9.17, 15) is 24.4 Å². The smallest absolute Gasteiger partial charge is 0.332 e. The van der Waals surface area contributed by atoms with Crippen LogP contribution in [0.3, 0.4) is 0 Å². The zero-order valence-electron chi connectivity index (χ0n) is 21.5. The van der Waals surface area contributed by atoms with E-state index in [0.717, 1.165) is 11.1 Å². The van der Waals surface area contributed by atoms with Gasteiger partial charge in [-0.25, -0.2) is 4.79 Å². The number of benzene rings is 2. The molecule has 2 aromatic carbocycles. The molecule has 0 bridgehead atoms. The lowest BCUT2D eigenvalue weighted by Gasteiger charge is -2.38. The summed E-state index contributed by atoms with van der Waals surface area (Å²) >= 11 is 0. The number of aliphatic carboxylic acids is 2. The first-order valence-corrected chi connectivity index (χ1v) is 16.5. The Morgan fingerprint density at radius 3 is 1.67 bits per heavy atom. The van der Waals surface area contributed by atoms with Crippen LogP contribution in [0.1, 0.15) is 38.3 Å². The van der Waals surface area contributed by atoms with E-state index in [1.54, 1.807) is 24.3 Å². The Balaban J connectivity index is 2.25. The quantitative estimate of drug-likeness (QED) is 0.217. The Labute approximate surface area is 214 Å². The van der Waals surface area contributed by atoms with Crippen LogP contribution < -0.4 is 0 Å². The second-order valence-electron chi connectivity index (χ2n) is 10.3. The molecular weight excluding hydrogens is 499 g/mol. The molecule has 0 saturated heterocycles. The second kappa shape index (κ2) is 12.8. The lowest BCUT2D eigenvalue weighted by molar-refractivity contribution is -0.148. The van der Waals surface area contributed by atoms with Crippen molar-refractivity contribution in [1.29, 1.82) is 0 Å². The lowest BCUT2D eigenvalue weighted by Crippen LogP contribution is -2.47. The summed E-state index contributed by atoms with van der Waals surface area (Å²) in [6.45, 7) is 9.62. The molecule has 0 aliphatic rings. The minimum Gasteiger partial charge on any atom is -0.481 e. The van der Waals surface area contributed by atoms with Crippen molar-refractivity contribution in [2.24, 2.45) is 5.92 Å². The van der Waals surface area contributed by atoms with Gasteiger partial charge in [-0.1, -0.05) is 81.4 Å². The monoisotopic (exact) mass is 536 g/mol. The molecule has 2 N–H and O–H groups in total. The molecule has 0 amide bonds. The molecule has 0 saturated carbocycles. The molecule has 0 aliphatic carbocycles. The van der Waals surface area contributed by atoms with Gasteiger partial charge in [0.05, 0.1) is 25.3 Å². The fourth-order valence-corrected chi connectivity index (χ4v) is 6.23. The maximum atomic E-state index is 13.8. The van der Waals surface area contributed by atoms with E-state index in [-0.39, 0.29) is 24.7 Å². The van der Waals surface area contributed by atoms with Crippen LogP contribution in [0, 0.1) is 5.92 Å². The average molecular weight is 537 g/mol. The van der Waals surface area contributed by atoms with E-state index < -0.39 is 46.0 Å². The fraction of sp³-hybridized carbons (Fsp3) is 0.462. The van der Waals surface area contributed by atoms with E-state index in [1.807, 2.05) is 70.3 Å². The van der Waals surface area contributed by atoms with Gasteiger partial charge in [-0.3, -0.25) is 9.36 Å². The summed E-state index contributed by atoms with van der Waals surface area (Å²) in [7, 11) is -6.46. The third-order valence-corrected chi connectivity index (χ3v) is 12.8. The van der Waals surface area contributed by atoms with Crippen molar-refractivity contribution in [1.82, 2.24) is 0 Å². The Kier molecular flexibility index (Phi) is 10.6. The number of rotatable bonds is 14. The predicted octanol–water partition coefficient (Wildman–Crippen LogP) is 6.18. The Bertz CT molecular complexity index is 989. The van der Waals surface area contributed by atoms with Gasteiger partial charge >= 0.3 is 19.5 Å². The van der Waals surface area contributed by atoms with Crippen molar-refractivity contribution in [2.75, 3.05) is 6.16 Å². The number of carboxylic acid groups (broad SMARTS) is 2. The van der Waals surface area contributed by atoms with Crippen LogP contribution in [-0.2, 0) is 40.8 Å². The third kappa shape index (κ3) is 9.30. The average Bonchev–Trinajstić information content (AvgIpc) is 2.81. The molecule has 0 aromatic heterocycles. The minimum atomic E-state index is -3.95. The lowest BCUT2D eigenvalue weighted by atomic mass is 10.0. The molecule has 0 fully saturated rings. The van der Waals surface area contributed by atoms with E-state index in [0.29, 0.717) is 0 Å². The first kappa shape index (κ1) is 29.9. The van der Waals surface area contributed by atoms with Gasteiger partial charge in [-0.15, -0.1) is 0 Å². The predicted molar refractivity (Wildman–Crippen MR) is 140 cm³/mol. The summed E-state index contributed by atoms with van der Waals surface area (Å²) in [4.78, 5) is 24.2. The van der Waals surface area contributed by atoms with Gasteiger partial charge in [-0.05, 0) is 35.7 Å². The van der Waals surface area contributed by atoms with Crippen LogP contribution in [0.4, 0.5) is 0 Å². The van der Waals surface area contributed by atoms with Crippen molar-refractivity contribution in [3.05, 3.63) is 71.8 Å². The van der Waals surface area contributed by atoms with Gasteiger partial charge in [0.15, 0.2) is 8.32 Å². The Morgan fingerprint density at radius 2 is 1.31 bits per heavy atom. The molecular formula is C26H37O8PSi. The number of hydrogen-bond donors (Lipinski definition) is 2. The first-order valence-electron chi connectivity index (χ1n) is 11.8. The molecule has 2 rings (SSSR count). The summed E-state index contributed by atoms with van der Waals surface area (Å²) in [5.74, 6) is -3.85. The van der Waals surface area contributed by atoms with Crippen molar-refractivity contribution < 1.29 is 37.8 Å². The van der Waals surface area contributed by atoms with Crippen molar-refractivity contribution in [3.63, 3.8) is 0 Å². The van der Waals surface area contributed by atoms with Crippen LogP contribution >= 0.6 is 7.60 Å². The maximum absolute atomic E-state index is 13.8. The van der Waals surface area contributed by atoms with Gasteiger partial charge in [0.2, 0.25) is 0 Å². The molecule has 10 heteroatoms. The summed E-state index contributed by atoms with van der Waals surface area (Å²) in [6, 6.07) is 18.1. The first-order chi connectivity index (χ1) is 16.7.